The summed E-state index contributed by atoms with van der Waals surface area (Å²) in [6.07, 6.45) is 0.517. The lowest BCUT2D eigenvalue weighted by Crippen LogP contribution is -2.28. The molecule has 0 atom stereocenters. The van der Waals surface area contributed by atoms with Gasteiger partial charge in [-0.05, 0) is 18.2 Å². The largest absolute Gasteiger partial charge is 0.495 e. The van der Waals surface area contributed by atoms with Gasteiger partial charge in [0, 0.05) is 7.05 Å². The van der Waals surface area contributed by atoms with Crippen molar-refractivity contribution >= 4 is 27.9 Å². The molecule has 0 aliphatic carbocycles. The van der Waals surface area contributed by atoms with Gasteiger partial charge in [-0.1, -0.05) is 11.6 Å². The quantitative estimate of drug-likeness (QED) is 0.758. The molecule has 7 heteroatoms. The molecule has 0 bridgehead atoms. The van der Waals surface area contributed by atoms with E-state index in [1.54, 1.807) is 0 Å². The van der Waals surface area contributed by atoms with Gasteiger partial charge in [-0.25, -0.2) is 8.42 Å². The van der Waals surface area contributed by atoms with Crippen molar-refractivity contribution in [1.82, 2.24) is 4.31 Å². The average molecular weight is 278 g/mol. The minimum Gasteiger partial charge on any atom is -0.495 e. The van der Waals surface area contributed by atoms with E-state index in [0.29, 0.717) is 12.0 Å². The second-order valence-electron chi connectivity index (χ2n) is 3.25. The number of carbonyl (C=O) groups is 1. The highest BCUT2D eigenvalue weighted by Crippen LogP contribution is 2.27. The summed E-state index contributed by atoms with van der Waals surface area (Å²) in [5.41, 5.74) is 0. The Hall–Kier alpha value is -1.11. The second-order valence-corrected chi connectivity index (χ2v) is 5.70. The number of likely N-dealkylation sites (N-methyl/N-ethyl adjacent to an activating group) is 1. The number of ether oxygens (including phenoxy) is 1. The van der Waals surface area contributed by atoms with Crippen LogP contribution in [-0.4, -0.2) is 39.7 Å². The van der Waals surface area contributed by atoms with E-state index in [2.05, 4.69) is 0 Å². The summed E-state index contributed by atoms with van der Waals surface area (Å²) in [6, 6.07) is 4.13. The Labute approximate surface area is 105 Å². The van der Waals surface area contributed by atoms with Crippen LogP contribution in [0.25, 0.3) is 0 Å². The molecule has 94 valence electrons. The number of rotatable bonds is 5. The van der Waals surface area contributed by atoms with Crippen LogP contribution in [0.15, 0.2) is 23.1 Å². The molecule has 5 nitrogen and oxygen atoms in total. The van der Waals surface area contributed by atoms with Gasteiger partial charge in [0.1, 0.15) is 12.0 Å². The van der Waals surface area contributed by atoms with Gasteiger partial charge < -0.3 is 9.53 Å². The van der Waals surface area contributed by atoms with Crippen LogP contribution in [0.3, 0.4) is 0 Å². The molecule has 0 radical (unpaired) electrons. The van der Waals surface area contributed by atoms with Crippen LogP contribution in [0.2, 0.25) is 5.02 Å². The van der Waals surface area contributed by atoms with Crippen LogP contribution in [-0.2, 0) is 14.8 Å². The Kier molecular flexibility index (Phi) is 4.50. The van der Waals surface area contributed by atoms with Gasteiger partial charge in [0.2, 0.25) is 10.0 Å². The average Bonchev–Trinajstić information content (AvgIpc) is 2.29. The normalized spacial score (nSPS) is 11.5. The number of methoxy groups -OCH3 is 1. The van der Waals surface area contributed by atoms with Crippen LogP contribution in [0.4, 0.5) is 0 Å². The predicted molar refractivity (Wildman–Crippen MR) is 63.9 cm³/mol. The third-order valence-corrected chi connectivity index (χ3v) is 4.28. The highest BCUT2D eigenvalue weighted by Gasteiger charge is 2.21. The molecule has 0 aromatic heterocycles. The molecule has 1 aromatic carbocycles. The minimum absolute atomic E-state index is 0.0210. The molecule has 0 fully saturated rings. The van der Waals surface area contributed by atoms with Crippen molar-refractivity contribution in [2.75, 3.05) is 20.7 Å². The van der Waals surface area contributed by atoms with E-state index in [4.69, 9.17) is 16.3 Å². The summed E-state index contributed by atoms with van der Waals surface area (Å²) in [4.78, 5) is 10.3. The molecular formula is C10H12ClNO4S. The van der Waals surface area contributed by atoms with Crippen LogP contribution in [0.5, 0.6) is 5.75 Å². The molecule has 0 amide bonds. The van der Waals surface area contributed by atoms with Gasteiger partial charge in [-0.2, -0.15) is 4.31 Å². The third kappa shape index (κ3) is 2.96. The van der Waals surface area contributed by atoms with E-state index in [1.165, 1.54) is 32.4 Å². The van der Waals surface area contributed by atoms with E-state index < -0.39 is 10.0 Å². The van der Waals surface area contributed by atoms with Crippen molar-refractivity contribution in [3.05, 3.63) is 23.2 Å². The molecule has 0 aliphatic heterocycles. The van der Waals surface area contributed by atoms with Crippen molar-refractivity contribution in [2.24, 2.45) is 0 Å². The molecular weight excluding hydrogens is 266 g/mol. The lowest BCUT2D eigenvalue weighted by atomic mass is 10.3. The second kappa shape index (κ2) is 5.48. The number of nitrogens with zero attached hydrogens (tertiary/aromatic N) is 1. The SMILES string of the molecule is COc1ccc(S(=O)(=O)N(C)CC=O)cc1Cl. The van der Waals surface area contributed by atoms with Gasteiger partial charge in [0.25, 0.3) is 0 Å². The molecule has 17 heavy (non-hydrogen) atoms. The van der Waals surface area contributed by atoms with Crippen molar-refractivity contribution in [1.29, 1.82) is 0 Å². The maximum absolute atomic E-state index is 11.9. The molecule has 0 saturated heterocycles. The first-order valence-corrected chi connectivity index (χ1v) is 6.48. The van der Waals surface area contributed by atoms with Crippen molar-refractivity contribution in [3.63, 3.8) is 0 Å². The van der Waals surface area contributed by atoms with Crippen molar-refractivity contribution in [2.45, 2.75) is 4.90 Å². The Morgan fingerprint density at radius 3 is 2.59 bits per heavy atom. The van der Waals surface area contributed by atoms with E-state index >= 15 is 0 Å². The topological polar surface area (TPSA) is 63.7 Å². The highest BCUT2D eigenvalue weighted by atomic mass is 35.5. The fourth-order valence-electron chi connectivity index (χ4n) is 1.19. The Bertz CT molecular complexity index is 515. The molecule has 0 aliphatic rings. The fraction of sp³-hybridized carbons (Fsp3) is 0.300. The predicted octanol–water partition coefficient (Wildman–Crippen LogP) is 1.17. The third-order valence-electron chi connectivity index (χ3n) is 2.16. The summed E-state index contributed by atoms with van der Waals surface area (Å²) in [5, 5.41) is 0.202. The standard InChI is InChI=1S/C10H12ClNO4S/c1-12(5-6-13)17(14,15)8-3-4-10(16-2)9(11)7-8/h3-4,6-7H,5H2,1-2H3. The molecule has 0 heterocycles. The zero-order chi connectivity index (χ0) is 13.1. The monoisotopic (exact) mass is 277 g/mol. The lowest BCUT2D eigenvalue weighted by Gasteiger charge is -2.14. The number of benzene rings is 1. The maximum Gasteiger partial charge on any atom is 0.243 e. The summed E-state index contributed by atoms with van der Waals surface area (Å²) in [5.74, 6) is 0.392. The first-order chi connectivity index (χ1) is 7.93. The van der Waals surface area contributed by atoms with Crippen LogP contribution >= 0.6 is 11.6 Å². The summed E-state index contributed by atoms with van der Waals surface area (Å²) in [6.45, 7) is -0.202. The van der Waals surface area contributed by atoms with Crippen LogP contribution in [0.1, 0.15) is 0 Å². The van der Waals surface area contributed by atoms with Crippen LogP contribution in [0, 0.1) is 0 Å². The Morgan fingerprint density at radius 1 is 1.47 bits per heavy atom. The van der Waals surface area contributed by atoms with Gasteiger partial charge in [-0.15, -0.1) is 0 Å². The zero-order valence-corrected chi connectivity index (χ0v) is 11.0. The first-order valence-electron chi connectivity index (χ1n) is 4.67. The molecule has 0 saturated carbocycles. The molecule has 1 rings (SSSR count). The zero-order valence-electron chi connectivity index (χ0n) is 9.38. The summed E-state index contributed by atoms with van der Waals surface area (Å²) >= 11 is 5.84. The Morgan fingerprint density at radius 2 is 2.12 bits per heavy atom. The van der Waals surface area contributed by atoms with E-state index in [-0.39, 0.29) is 16.5 Å². The number of halogens is 1. The van der Waals surface area contributed by atoms with Crippen molar-refractivity contribution in [3.8, 4) is 5.75 Å². The van der Waals surface area contributed by atoms with E-state index in [9.17, 15) is 13.2 Å². The number of sulfonamides is 1. The first kappa shape index (κ1) is 14.0. The van der Waals surface area contributed by atoms with Crippen molar-refractivity contribution < 1.29 is 17.9 Å². The summed E-state index contributed by atoms with van der Waals surface area (Å²) < 4.78 is 29.7. The van der Waals surface area contributed by atoms with Gasteiger partial charge in [0.15, 0.2) is 0 Å². The van der Waals surface area contributed by atoms with Crippen LogP contribution < -0.4 is 4.74 Å². The lowest BCUT2D eigenvalue weighted by molar-refractivity contribution is -0.107. The van der Waals surface area contributed by atoms with Gasteiger partial charge in [0.05, 0.1) is 23.6 Å². The van der Waals surface area contributed by atoms with Gasteiger partial charge >= 0.3 is 0 Å². The van der Waals surface area contributed by atoms with E-state index in [0.717, 1.165) is 4.31 Å². The Balaban J connectivity index is 3.16. The maximum atomic E-state index is 11.9. The minimum atomic E-state index is -3.69. The molecule has 0 spiro atoms. The number of hydrogen-bond acceptors (Lipinski definition) is 4. The summed E-state index contributed by atoms with van der Waals surface area (Å²) in [7, 11) is -0.927. The number of carbonyl (C=O) groups excluding carboxylic acids is 1. The fourth-order valence-corrected chi connectivity index (χ4v) is 2.64. The smallest absolute Gasteiger partial charge is 0.243 e. The molecule has 0 unspecified atom stereocenters. The molecule has 1 aromatic rings. The van der Waals surface area contributed by atoms with E-state index in [1.807, 2.05) is 0 Å². The molecule has 0 N–H and O–H groups in total. The number of hydrogen-bond donors (Lipinski definition) is 0. The van der Waals surface area contributed by atoms with Gasteiger partial charge in [-0.3, -0.25) is 0 Å². The highest BCUT2D eigenvalue weighted by molar-refractivity contribution is 7.89. The number of aldehydes is 1.